The topological polar surface area (TPSA) is 66.9 Å². The molecule has 2 heterocycles. The molecule has 2 aromatic rings. The first-order valence-corrected chi connectivity index (χ1v) is 5.16. The van der Waals surface area contributed by atoms with Gasteiger partial charge in [-0.15, -0.1) is 0 Å². The lowest BCUT2D eigenvalue weighted by Crippen LogP contribution is -2.20. The summed E-state index contributed by atoms with van der Waals surface area (Å²) in [6, 6.07) is 8.61. The van der Waals surface area contributed by atoms with Crippen LogP contribution >= 0.6 is 0 Å². The maximum absolute atomic E-state index is 11.6. The fourth-order valence-electron chi connectivity index (χ4n) is 1.33. The van der Waals surface area contributed by atoms with Gasteiger partial charge in [-0.25, -0.2) is 9.78 Å². The van der Waals surface area contributed by atoms with E-state index in [1.165, 1.54) is 0 Å². The van der Waals surface area contributed by atoms with Crippen LogP contribution in [0, 0.1) is 6.92 Å². The Balaban J connectivity index is 1.98. The molecule has 5 heteroatoms. The molecular weight excluding hydrogens is 216 g/mol. The maximum Gasteiger partial charge on any atom is 0.324 e. The van der Waals surface area contributed by atoms with Crippen molar-refractivity contribution in [3.05, 3.63) is 48.4 Å². The van der Waals surface area contributed by atoms with E-state index in [-0.39, 0.29) is 6.03 Å². The van der Waals surface area contributed by atoms with Gasteiger partial charge in [0.05, 0.1) is 11.9 Å². The summed E-state index contributed by atoms with van der Waals surface area (Å²) in [5.41, 5.74) is 1.49. The van der Waals surface area contributed by atoms with Crippen LogP contribution in [0.4, 0.5) is 16.3 Å². The molecule has 2 amide bonds. The number of nitrogens with one attached hydrogen (secondary N) is 2. The Morgan fingerprint density at radius 1 is 1.18 bits per heavy atom. The molecular formula is C12H12N4O. The van der Waals surface area contributed by atoms with E-state index in [1.807, 2.05) is 19.1 Å². The number of pyridine rings is 2. The Morgan fingerprint density at radius 3 is 2.76 bits per heavy atom. The first-order valence-electron chi connectivity index (χ1n) is 5.16. The Labute approximate surface area is 98.9 Å². The van der Waals surface area contributed by atoms with Crippen LogP contribution in [0.25, 0.3) is 0 Å². The summed E-state index contributed by atoms with van der Waals surface area (Å²) in [7, 11) is 0. The lowest BCUT2D eigenvalue weighted by molar-refractivity contribution is 0.262. The zero-order valence-electron chi connectivity index (χ0n) is 9.34. The molecule has 0 saturated heterocycles. The first-order chi connectivity index (χ1) is 8.24. The Bertz CT molecular complexity index is 513. The number of aryl methyl sites for hydroxylation is 1. The van der Waals surface area contributed by atoms with Crippen molar-refractivity contribution >= 4 is 17.5 Å². The van der Waals surface area contributed by atoms with Gasteiger partial charge in [0.1, 0.15) is 5.82 Å². The molecule has 2 rings (SSSR count). The summed E-state index contributed by atoms with van der Waals surface area (Å²) in [6.45, 7) is 1.87. The molecule has 2 aromatic heterocycles. The second-order valence-electron chi connectivity index (χ2n) is 3.49. The van der Waals surface area contributed by atoms with E-state index in [4.69, 9.17) is 0 Å². The van der Waals surface area contributed by atoms with E-state index >= 15 is 0 Å². The van der Waals surface area contributed by atoms with Gasteiger partial charge < -0.3 is 5.32 Å². The predicted molar refractivity (Wildman–Crippen MR) is 65.9 cm³/mol. The number of carbonyl (C=O) groups excluding carboxylic acids is 1. The molecule has 5 nitrogen and oxygen atoms in total. The van der Waals surface area contributed by atoms with Crippen molar-refractivity contribution < 1.29 is 4.79 Å². The molecule has 0 bridgehead atoms. The molecule has 0 aromatic carbocycles. The molecule has 2 N–H and O–H groups in total. The van der Waals surface area contributed by atoms with Gasteiger partial charge in [-0.2, -0.15) is 0 Å². The summed E-state index contributed by atoms with van der Waals surface area (Å²) < 4.78 is 0. The fourth-order valence-corrected chi connectivity index (χ4v) is 1.33. The Kier molecular flexibility index (Phi) is 3.30. The van der Waals surface area contributed by atoms with Crippen LogP contribution in [0.5, 0.6) is 0 Å². The van der Waals surface area contributed by atoms with Crippen molar-refractivity contribution in [1.82, 2.24) is 9.97 Å². The number of hydrogen-bond donors (Lipinski definition) is 2. The SMILES string of the molecule is Cc1cccc(NC(=O)Nc2cccnc2)n1. The average molecular weight is 228 g/mol. The highest BCUT2D eigenvalue weighted by molar-refractivity contribution is 5.98. The van der Waals surface area contributed by atoms with Gasteiger partial charge in [0.15, 0.2) is 0 Å². The number of rotatable bonds is 2. The lowest BCUT2D eigenvalue weighted by atomic mass is 10.4. The van der Waals surface area contributed by atoms with E-state index in [0.717, 1.165) is 5.69 Å². The van der Waals surface area contributed by atoms with Gasteiger partial charge in [0.25, 0.3) is 0 Å². The highest BCUT2D eigenvalue weighted by Crippen LogP contribution is 2.06. The summed E-state index contributed by atoms with van der Waals surface area (Å²) in [5.74, 6) is 0.520. The molecule has 0 atom stereocenters. The second-order valence-corrected chi connectivity index (χ2v) is 3.49. The molecule has 0 unspecified atom stereocenters. The minimum absolute atomic E-state index is 0.337. The fraction of sp³-hybridized carbons (Fsp3) is 0.0833. The second kappa shape index (κ2) is 5.07. The predicted octanol–water partition coefficient (Wildman–Crippen LogP) is 2.43. The first kappa shape index (κ1) is 11.1. The number of anilines is 2. The van der Waals surface area contributed by atoms with Gasteiger partial charge in [0.2, 0.25) is 0 Å². The zero-order chi connectivity index (χ0) is 12.1. The average Bonchev–Trinajstić information content (AvgIpc) is 2.30. The normalized spacial score (nSPS) is 9.71. The molecule has 0 saturated carbocycles. The third kappa shape index (κ3) is 3.27. The minimum atomic E-state index is -0.337. The van der Waals surface area contributed by atoms with E-state index in [0.29, 0.717) is 11.5 Å². The van der Waals surface area contributed by atoms with Gasteiger partial charge in [0, 0.05) is 11.9 Å². The van der Waals surface area contributed by atoms with Crippen molar-refractivity contribution in [2.24, 2.45) is 0 Å². The molecule has 0 spiro atoms. The van der Waals surface area contributed by atoms with Crippen molar-refractivity contribution in [1.29, 1.82) is 0 Å². The van der Waals surface area contributed by atoms with Crippen LogP contribution in [0.1, 0.15) is 5.69 Å². The van der Waals surface area contributed by atoms with Gasteiger partial charge >= 0.3 is 6.03 Å². The molecule has 86 valence electrons. The summed E-state index contributed by atoms with van der Waals surface area (Å²) >= 11 is 0. The van der Waals surface area contributed by atoms with Crippen molar-refractivity contribution in [2.45, 2.75) is 6.92 Å². The largest absolute Gasteiger partial charge is 0.324 e. The summed E-state index contributed by atoms with van der Waals surface area (Å²) in [6.07, 6.45) is 3.22. The summed E-state index contributed by atoms with van der Waals surface area (Å²) in [4.78, 5) is 19.7. The van der Waals surface area contributed by atoms with E-state index < -0.39 is 0 Å². The molecule has 0 fully saturated rings. The number of nitrogens with zero attached hydrogens (tertiary/aromatic N) is 2. The van der Waals surface area contributed by atoms with Crippen LogP contribution in [0.15, 0.2) is 42.7 Å². The van der Waals surface area contributed by atoms with E-state index in [9.17, 15) is 4.79 Å². The quantitative estimate of drug-likeness (QED) is 0.829. The number of carbonyl (C=O) groups is 1. The van der Waals surface area contributed by atoms with Crippen molar-refractivity contribution in [2.75, 3.05) is 10.6 Å². The van der Waals surface area contributed by atoms with Gasteiger partial charge in [-0.3, -0.25) is 10.3 Å². The van der Waals surface area contributed by atoms with Crippen molar-refractivity contribution in [3.63, 3.8) is 0 Å². The smallest absolute Gasteiger partial charge is 0.306 e. The van der Waals surface area contributed by atoms with Crippen LogP contribution in [0.3, 0.4) is 0 Å². The minimum Gasteiger partial charge on any atom is -0.306 e. The molecule has 17 heavy (non-hydrogen) atoms. The highest BCUT2D eigenvalue weighted by atomic mass is 16.2. The molecule has 0 aliphatic rings. The molecule has 0 aliphatic heterocycles. The Morgan fingerprint density at radius 2 is 2.06 bits per heavy atom. The molecule has 0 radical (unpaired) electrons. The number of aromatic nitrogens is 2. The number of amides is 2. The van der Waals surface area contributed by atoms with Crippen molar-refractivity contribution in [3.8, 4) is 0 Å². The molecule has 0 aliphatic carbocycles. The summed E-state index contributed by atoms with van der Waals surface area (Å²) in [5, 5.41) is 5.30. The number of urea groups is 1. The lowest BCUT2D eigenvalue weighted by Gasteiger charge is -2.06. The van der Waals surface area contributed by atoms with Gasteiger partial charge in [-0.1, -0.05) is 6.07 Å². The highest BCUT2D eigenvalue weighted by Gasteiger charge is 2.02. The third-order valence-electron chi connectivity index (χ3n) is 2.05. The number of hydrogen-bond acceptors (Lipinski definition) is 3. The van der Waals surface area contributed by atoms with Crippen LogP contribution in [0.2, 0.25) is 0 Å². The van der Waals surface area contributed by atoms with E-state index in [1.54, 1.807) is 30.6 Å². The standard InChI is InChI=1S/C12H12N4O/c1-9-4-2-6-11(14-9)16-12(17)15-10-5-3-7-13-8-10/h2-8H,1H3,(H2,14,15,16,17). The monoisotopic (exact) mass is 228 g/mol. The van der Waals surface area contributed by atoms with Crippen LogP contribution in [-0.2, 0) is 0 Å². The van der Waals surface area contributed by atoms with E-state index in [2.05, 4.69) is 20.6 Å². The maximum atomic E-state index is 11.6. The Hall–Kier alpha value is -2.43. The van der Waals surface area contributed by atoms with Crippen LogP contribution < -0.4 is 10.6 Å². The van der Waals surface area contributed by atoms with Gasteiger partial charge in [-0.05, 0) is 31.2 Å². The zero-order valence-corrected chi connectivity index (χ0v) is 9.34. The third-order valence-corrected chi connectivity index (χ3v) is 2.05. The van der Waals surface area contributed by atoms with Crippen LogP contribution in [-0.4, -0.2) is 16.0 Å².